The van der Waals surface area contributed by atoms with Crippen molar-refractivity contribution in [3.63, 3.8) is 0 Å². The Morgan fingerprint density at radius 2 is 2.05 bits per heavy atom. The van der Waals surface area contributed by atoms with E-state index >= 15 is 0 Å². The van der Waals surface area contributed by atoms with Crippen molar-refractivity contribution in [2.75, 3.05) is 19.7 Å². The van der Waals surface area contributed by atoms with Crippen molar-refractivity contribution in [1.82, 2.24) is 5.32 Å². The lowest BCUT2D eigenvalue weighted by Crippen LogP contribution is -2.49. The number of benzene rings is 1. The number of aliphatic hydroxyl groups excluding tert-OH is 1. The van der Waals surface area contributed by atoms with E-state index in [9.17, 15) is 18.6 Å². The first-order valence-electron chi connectivity index (χ1n) is 5.72. The van der Waals surface area contributed by atoms with Gasteiger partial charge in [-0.3, -0.25) is 0 Å². The minimum atomic E-state index is -3.77. The number of hydrogen-bond donors (Lipinski definition) is 3. The third kappa shape index (κ3) is 2.35. The van der Waals surface area contributed by atoms with E-state index in [2.05, 4.69) is 5.32 Å². The standard InChI is InChI=1S/C12H14N2O4S/c13-5-9-1-3-10(4-2-9)19(17,18)11-6-14-7-12(11,16)8-15/h1-4,11,14-16H,6-8H2/t11-,12+/m0/s1. The molecule has 1 heterocycles. The van der Waals surface area contributed by atoms with Crippen LogP contribution in [0.25, 0.3) is 0 Å². The van der Waals surface area contributed by atoms with Crippen LogP contribution in [0.1, 0.15) is 5.56 Å². The highest BCUT2D eigenvalue weighted by molar-refractivity contribution is 7.92. The number of sulfone groups is 1. The summed E-state index contributed by atoms with van der Waals surface area (Å²) in [5.41, 5.74) is -1.31. The molecule has 0 unspecified atom stereocenters. The molecule has 102 valence electrons. The predicted molar refractivity (Wildman–Crippen MR) is 67.0 cm³/mol. The van der Waals surface area contributed by atoms with Crippen molar-refractivity contribution in [2.45, 2.75) is 15.7 Å². The topological polar surface area (TPSA) is 110 Å². The summed E-state index contributed by atoms with van der Waals surface area (Å²) in [4.78, 5) is 0.0343. The minimum Gasteiger partial charge on any atom is -0.393 e. The molecule has 3 N–H and O–H groups in total. The van der Waals surface area contributed by atoms with Crippen molar-refractivity contribution in [3.05, 3.63) is 29.8 Å². The maximum atomic E-state index is 12.4. The molecular formula is C12H14N2O4S. The number of nitrogens with zero attached hydrogens (tertiary/aromatic N) is 1. The Balaban J connectivity index is 2.39. The quantitative estimate of drug-likeness (QED) is 0.657. The predicted octanol–water partition coefficient (Wildman–Crippen LogP) is -0.973. The minimum absolute atomic E-state index is 0.0314. The van der Waals surface area contributed by atoms with Gasteiger partial charge in [-0.1, -0.05) is 0 Å². The van der Waals surface area contributed by atoms with E-state index in [1.54, 1.807) is 0 Å². The molecule has 7 heteroatoms. The molecule has 0 bridgehead atoms. The van der Waals surface area contributed by atoms with Gasteiger partial charge in [0.2, 0.25) is 0 Å². The average molecular weight is 282 g/mol. The first kappa shape index (κ1) is 14.0. The van der Waals surface area contributed by atoms with Gasteiger partial charge in [-0.05, 0) is 24.3 Å². The summed E-state index contributed by atoms with van der Waals surface area (Å²) in [5.74, 6) is 0. The first-order valence-corrected chi connectivity index (χ1v) is 7.27. The maximum absolute atomic E-state index is 12.4. The molecule has 1 fully saturated rings. The fourth-order valence-electron chi connectivity index (χ4n) is 2.16. The van der Waals surface area contributed by atoms with Gasteiger partial charge < -0.3 is 15.5 Å². The second-order valence-corrected chi connectivity index (χ2v) is 6.69. The number of hydrogen-bond acceptors (Lipinski definition) is 6. The molecule has 1 aromatic carbocycles. The summed E-state index contributed by atoms with van der Waals surface area (Å²) < 4.78 is 24.8. The Morgan fingerprint density at radius 1 is 1.42 bits per heavy atom. The highest BCUT2D eigenvalue weighted by atomic mass is 32.2. The smallest absolute Gasteiger partial charge is 0.185 e. The molecule has 1 saturated heterocycles. The molecule has 0 aromatic heterocycles. The highest BCUT2D eigenvalue weighted by Gasteiger charge is 2.48. The van der Waals surface area contributed by atoms with Crippen LogP contribution in [0.15, 0.2) is 29.2 Å². The summed E-state index contributed by atoms with van der Waals surface area (Å²) in [6, 6.07) is 7.40. The average Bonchev–Trinajstić information content (AvgIpc) is 2.82. The molecule has 0 radical (unpaired) electrons. The molecule has 1 aliphatic heterocycles. The molecule has 2 rings (SSSR count). The first-order chi connectivity index (χ1) is 8.94. The van der Waals surface area contributed by atoms with Gasteiger partial charge in [-0.2, -0.15) is 5.26 Å². The Hall–Kier alpha value is -1.46. The Morgan fingerprint density at radius 3 is 2.58 bits per heavy atom. The van der Waals surface area contributed by atoms with Gasteiger partial charge in [0, 0.05) is 13.1 Å². The van der Waals surface area contributed by atoms with E-state index in [-0.39, 0.29) is 18.0 Å². The lowest BCUT2D eigenvalue weighted by molar-refractivity contribution is 0.00578. The van der Waals surface area contributed by atoms with Crippen LogP contribution in [0.2, 0.25) is 0 Å². The zero-order chi connectivity index (χ0) is 14.1. The monoisotopic (exact) mass is 282 g/mol. The van der Waals surface area contributed by atoms with E-state index in [0.29, 0.717) is 5.56 Å². The van der Waals surface area contributed by atoms with E-state index in [1.807, 2.05) is 6.07 Å². The van der Waals surface area contributed by atoms with E-state index in [0.717, 1.165) is 0 Å². The number of nitrogens with one attached hydrogen (secondary N) is 1. The molecule has 2 atom stereocenters. The van der Waals surface area contributed by atoms with Crippen LogP contribution in [0.5, 0.6) is 0 Å². The van der Waals surface area contributed by atoms with Gasteiger partial charge in [0.25, 0.3) is 0 Å². The SMILES string of the molecule is N#Cc1ccc(S(=O)(=O)[C@H]2CNC[C@@]2(O)CO)cc1. The number of rotatable bonds is 3. The van der Waals surface area contributed by atoms with Gasteiger partial charge in [0.1, 0.15) is 10.9 Å². The maximum Gasteiger partial charge on any atom is 0.185 e. The van der Waals surface area contributed by atoms with Gasteiger partial charge in [-0.25, -0.2) is 8.42 Å². The fraction of sp³-hybridized carbons (Fsp3) is 0.417. The molecule has 0 amide bonds. The van der Waals surface area contributed by atoms with Crippen molar-refractivity contribution in [2.24, 2.45) is 0 Å². The van der Waals surface area contributed by atoms with Crippen LogP contribution in [0.3, 0.4) is 0 Å². The van der Waals surface area contributed by atoms with E-state index < -0.39 is 27.3 Å². The zero-order valence-electron chi connectivity index (χ0n) is 10.1. The summed E-state index contributed by atoms with van der Waals surface area (Å²) in [5, 5.41) is 29.7. The van der Waals surface area contributed by atoms with Gasteiger partial charge in [0.05, 0.1) is 23.1 Å². The number of β-amino-alcohol motifs (C(OH)–C–C–N with tert-alkyl or cyclic N) is 1. The summed E-state index contributed by atoms with van der Waals surface area (Å²) >= 11 is 0. The number of aliphatic hydroxyl groups is 2. The van der Waals surface area contributed by atoms with Crippen molar-refractivity contribution < 1.29 is 18.6 Å². The number of nitriles is 1. The Bertz CT molecular complexity index is 606. The third-order valence-electron chi connectivity index (χ3n) is 3.32. The van der Waals surface area contributed by atoms with Crippen molar-refractivity contribution in [1.29, 1.82) is 5.26 Å². The molecule has 1 aliphatic rings. The van der Waals surface area contributed by atoms with Gasteiger partial charge in [0.15, 0.2) is 9.84 Å². The molecule has 0 aliphatic carbocycles. The van der Waals surface area contributed by atoms with Crippen LogP contribution in [-0.4, -0.2) is 49.2 Å². The van der Waals surface area contributed by atoms with Crippen LogP contribution < -0.4 is 5.32 Å². The van der Waals surface area contributed by atoms with Crippen molar-refractivity contribution >= 4 is 9.84 Å². The molecule has 1 aromatic rings. The van der Waals surface area contributed by atoms with Crippen molar-refractivity contribution in [3.8, 4) is 6.07 Å². The van der Waals surface area contributed by atoms with E-state index in [1.165, 1.54) is 24.3 Å². The largest absolute Gasteiger partial charge is 0.393 e. The van der Waals surface area contributed by atoms with Crippen LogP contribution >= 0.6 is 0 Å². The molecule has 19 heavy (non-hydrogen) atoms. The Kier molecular flexibility index (Phi) is 3.60. The second kappa shape index (κ2) is 4.90. The lowest BCUT2D eigenvalue weighted by atomic mass is 10.1. The fourth-order valence-corrected chi connectivity index (χ4v) is 4.08. The zero-order valence-corrected chi connectivity index (χ0v) is 10.9. The van der Waals surface area contributed by atoms with Crippen LogP contribution in [-0.2, 0) is 9.84 Å². The Labute approximate surface area is 111 Å². The molecule has 0 spiro atoms. The van der Waals surface area contributed by atoms with Crippen LogP contribution in [0, 0.1) is 11.3 Å². The van der Waals surface area contributed by atoms with Crippen LogP contribution in [0.4, 0.5) is 0 Å². The lowest BCUT2D eigenvalue weighted by Gasteiger charge is -2.26. The van der Waals surface area contributed by atoms with E-state index in [4.69, 9.17) is 5.26 Å². The summed E-state index contributed by atoms with van der Waals surface area (Å²) in [7, 11) is -3.77. The summed E-state index contributed by atoms with van der Waals surface area (Å²) in [6.45, 7) is -0.511. The summed E-state index contributed by atoms with van der Waals surface area (Å²) in [6.07, 6.45) is 0. The van der Waals surface area contributed by atoms with Gasteiger partial charge >= 0.3 is 0 Å². The third-order valence-corrected chi connectivity index (χ3v) is 5.60. The van der Waals surface area contributed by atoms with Gasteiger partial charge in [-0.15, -0.1) is 0 Å². The molecular weight excluding hydrogens is 268 g/mol. The molecule has 6 nitrogen and oxygen atoms in total. The highest BCUT2D eigenvalue weighted by Crippen LogP contribution is 2.27. The normalized spacial score (nSPS) is 27.1. The second-order valence-electron chi connectivity index (χ2n) is 4.56. The molecule has 0 saturated carbocycles.